The number of amides is 1. The van der Waals surface area contributed by atoms with Crippen LogP contribution in [-0.2, 0) is 4.79 Å². The summed E-state index contributed by atoms with van der Waals surface area (Å²) < 4.78 is 0. The molecular weight excluding hydrogens is 326 g/mol. The lowest BCUT2D eigenvalue weighted by Gasteiger charge is -2.12. The molecule has 0 spiro atoms. The Morgan fingerprint density at radius 3 is 2.71 bits per heavy atom. The SMILES string of the molecule is Cc1ccc(-c2csc(NC(=O)[C@@H](N)CC(C)C)n2)s1.Cl. The van der Waals surface area contributed by atoms with Crippen LogP contribution >= 0.6 is 35.1 Å². The highest BCUT2D eigenvalue weighted by atomic mass is 35.5. The number of halogens is 1. The number of aromatic nitrogens is 1. The van der Waals surface area contributed by atoms with Gasteiger partial charge in [0, 0.05) is 10.3 Å². The second-order valence-electron chi connectivity index (χ2n) is 5.17. The largest absolute Gasteiger partial charge is 0.320 e. The van der Waals surface area contributed by atoms with Crippen molar-refractivity contribution in [1.82, 2.24) is 4.98 Å². The van der Waals surface area contributed by atoms with Gasteiger partial charge in [0.1, 0.15) is 0 Å². The van der Waals surface area contributed by atoms with Crippen molar-refractivity contribution in [3.8, 4) is 10.6 Å². The fourth-order valence-corrected chi connectivity index (χ4v) is 3.45. The van der Waals surface area contributed by atoms with Gasteiger partial charge in [0.15, 0.2) is 5.13 Å². The van der Waals surface area contributed by atoms with E-state index in [1.54, 1.807) is 11.3 Å². The fourth-order valence-electron chi connectivity index (χ4n) is 1.83. The van der Waals surface area contributed by atoms with E-state index >= 15 is 0 Å². The van der Waals surface area contributed by atoms with E-state index in [1.165, 1.54) is 16.2 Å². The van der Waals surface area contributed by atoms with Crippen molar-refractivity contribution in [2.45, 2.75) is 33.2 Å². The van der Waals surface area contributed by atoms with Crippen molar-refractivity contribution in [3.05, 3.63) is 22.4 Å². The number of carbonyl (C=O) groups is 1. The third-order valence-corrected chi connectivity index (χ3v) is 4.57. The second kappa shape index (κ2) is 7.89. The molecule has 0 saturated carbocycles. The average molecular weight is 346 g/mol. The maximum Gasteiger partial charge on any atom is 0.243 e. The number of nitrogens with zero attached hydrogens (tertiary/aromatic N) is 1. The van der Waals surface area contributed by atoms with E-state index in [4.69, 9.17) is 5.73 Å². The molecule has 1 atom stereocenters. The molecule has 0 aliphatic carbocycles. The first kappa shape index (κ1) is 18.1. The van der Waals surface area contributed by atoms with Gasteiger partial charge in [0.05, 0.1) is 16.6 Å². The first-order chi connectivity index (χ1) is 9.45. The van der Waals surface area contributed by atoms with Crippen molar-refractivity contribution in [2.75, 3.05) is 5.32 Å². The fraction of sp³-hybridized carbons (Fsp3) is 0.429. The van der Waals surface area contributed by atoms with Gasteiger partial charge in [-0.05, 0) is 31.4 Å². The van der Waals surface area contributed by atoms with Gasteiger partial charge in [0.2, 0.25) is 5.91 Å². The van der Waals surface area contributed by atoms with Gasteiger partial charge in [-0.2, -0.15) is 0 Å². The van der Waals surface area contributed by atoms with E-state index in [-0.39, 0.29) is 18.3 Å². The summed E-state index contributed by atoms with van der Waals surface area (Å²) in [6, 6.07) is 3.63. The second-order valence-corrected chi connectivity index (χ2v) is 7.32. The molecule has 4 nitrogen and oxygen atoms in total. The summed E-state index contributed by atoms with van der Waals surface area (Å²) in [6.45, 7) is 6.16. The first-order valence-electron chi connectivity index (χ1n) is 6.54. The van der Waals surface area contributed by atoms with Crippen LogP contribution in [0.15, 0.2) is 17.5 Å². The molecule has 116 valence electrons. The summed E-state index contributed by atoms with van der Waals surface area (Å²) in [5.41, 5.74) is 6.76. The van der Waals surface area contributed by atoms with Crippen LogP contribution in [0.3, 0.4) is 0 Å². The number of rotatable bonds is 5. The summed E-state index contributed by atoms with van der Waals surface area (Å²) in [4.78, 5) is 18.7. The van der Waals surface area contributed by atoms with Crippen LogP contribution in [-0.4, -0.2) is 16.9 Å². The van der Waals surface area contributed by atoms with Crippen LogP contribution in [0.25, 0.3) is 10.6 Å². The Hall–Kier alpha value is -0.950. The molecule has 0 fully saturated rings. The number of aryl methyl sites for hydroxylation is 1. The molecule has 0 saturated heterocycles. The number of thiazole rings is 1. The first-order valence-corrected chi connectivity index (χ1v) is 8.24. The minimum Gasteiger partial charge on any atom is -0.320 e. The Labute approximate surface area is 139 Å². The maximum absolute atomic E-state index is 11.9. The van der Waals surface area contributed by atoms with Crippen LogP contribution in [0, 0.1) is 12.8 Å². The Bertz CT molecular complexity index is 595. The lowest BCUT2D eigenvalue weighted by molar-refractivity contribution is -0.117. The van der Waals surface area contributed by atoms with E-state index in [0.717, 1.165) is 10.6 Å². The van der Waals surface area contributed by atoms with E-state index in [9.17, 15) is 4.79 Å². The van der Waals surface area contributed by atoms with Crippen molar-refractivity contribution in [2.24, 2.45) is 11.7 Å². The molecule has 21 heavy (non-hydrogen) atoms. The molecule has 2 aromatic rings. The van der Waals surface area contributed by atoms with E-state index in [1.807, 2.05) is 25.3 Å². The van der Waals surface area contributed by atoms with Crippen LogP contribution in [0.5, 0.6) is 0 Å². The maximum atomic E-state index is 11.9. The molecule has 0 aromatic carbocycles. The number of hydrogen-bond donors (Lipinski definition) is 2. The Balaban J connectivity index is 0.00000220. The lowest BCUT2D eigenvalue weighted by atomic mass is 10.0. The van der Waals surface area contributed by atoms with E-state index in [2.05, 4.69) is 23.3 Å². The summed E-state index contributed by atoms with van der Waals surface area (Å²) in [5, 5.41) is 5.35. The quantitative estimate of drug-likeness (QED) is 0.863. The monoisotopic (exact) mass is 345 g/mol. The molecule has 2 aromatic heterocycles. The van der Waals surface area contributed by atoms with Gasteiger partial charge in [-0.1, -0.05) is 13.8 Å². The average Bonchev–Trinajstić information content (AvgIpc) is 2.97. The van der Waals surface area contributed by atoms with Crippen molar-refractivity contribution in [1.29, 1.82) is 0 Å². The highest BCUT2D eigenvalue weighted by molar-refractivity contribution is 7.17. The minimum atomic E-state index is -0.480. The van der Waals surface area contributed by atoms with Crippen LogP contribution < -0.4 is 11.1 Å². The zero-order valence-electron chi connectivity index (χ0n) is 12.3. The standard InChI is InChI=1S/C14H19N3OS2.ClH/c1-8(2)6-10(15)13(18)17-14-16-11(7-19-14)12-5-4-9(3)20-12;/h4-5,7-8,10H,6,15H2,1-3H3,(H,16,17,18);1H/t10-;/m0./s1. The number of thiophene rings is 1. The van der Waals surface area contributed by atoms with E-state index in [0.29, 0.717) is 17.5 Å². The molecule has 0 bridgehead atoms. The third-order valence-electron chi connectivity index (χ3n) is 2.79. The highest BCUT2D eigenvalue weighted by Gasteiger charge is 2.16. The van der Waals surface area contributed by atoms with Gasteiger partial charge in [-0.25, -0.2) is 4.98 Å². The van der Waals surface area contributed by atoms with Gasteiger partial charge in [0.25, 0.3) is 0 Å². The molecule has 2 heterocycles. The van der Waals surface area contributed by atoms with E-state index < -0.39 is 6.04 Å². The number of nitrogens with one attached hydrogen (secondary N) is 1. The molecule has 2 rings (SSSR count). The molecule has 1 amide bonds. The topological polar surface area (TPSA) is 68.0 Å². The van der Waals surface area contributed by atoms with Crippen molar-refractivity contribution < 1.29 is 4.79 Å². The zero-order chi connectivity index (χ0) is 14.7. The zero-order valence-corrected chi connectivity index (χ0v) is 14.7. The molecule has 0 radical (unpaired) electrons. The molecular formula is C14H20ClN3OS2. The number of nitrogens with two attached hydrogens (primary N) is 1. The predicted octanol–water partition coefficient (Wildman–Crippen LogP) is 3.91. The molecule has 0 unspecified atom stereocenters. The van der Waals surface area contributed by atoms with Gasteiger partial charge < -0.3 is 11.1 Å². The summed E-state index contributed by atoms with van der Waals surface area (Å²) >= 11 is 3.12. The third kappa shape index (κ3) is 5.07. The Kier molecular flexibility index (Phi) is 6.80. The number of anilines is 1. The summed E-state index contributed by atoms with van der Waals surface area (Å²) in [5.74, 6) is 0.235. The highest BCUT2D eigenvalue weighted by Crippen LogP contribution is 2.30. The summed E-state index contributed by atoms with van der Waals surface area (Å²) in [7, 11) is 0. The minimum absolute atomic E-state index is 0. The Morgan fingerprint density at radius 2 is 2.14 bits per heavy atom. The normalized spacial score (nSPS) is 12.0. The molecule has 7 heteroatoms. The van der Waals surface area contributed by atoms with Crippen molar-refractivity contribution in [3.63, 3.8) is 0 Å². The summed E-state index contributed by atoms with van der Waals surface area (Å²) in [6.07, 6.45) is 0.675. The van der Waals surface area contributed by atoms with Crippen LogP contribution in [0.1, 0.15) is 25.1 Å². The van der Waals surface area contributed by atoms with Crippen molar-refractivity contribution >= 4 is 46.1 Å². The lowest BCUT2D eigenvalue weighted by Crippen LogP contribution is -2.36. The predicted molar refractivity (Wildman–Crippen MR) is 93.5 cm³/mol. The smallest absolute Gasteiger partial charge is 0.243 e. The molecule has 0 aliphatic rings. The van der Waals surface area contributed by atoms with Gasteiger partial charge >= 0.3 is 0 Å². The number of carbonyl (C=O) groups excluding carboxylic acids is 1. The molecule has 3 N–H and O–H groups in total. The van der Waals surface area contributed by atoms with Crippen LogP contribution in [0.4, 0.5) is 5.13 Å². The Morgan fingerprint density at radius 1 is 1.43 bits per heavy atom. The van der Waals surface area contributed by atoms with Crippen LogP contribution in [0.2, 0.25) is 0 Å². The van der Waals surface area contributed by atoms with Gasteiger partial charge in [-0.3, -0.25) is 4.79 Å². The number of hydrogen-bond acceptors (Lipinski definition) is 5. The molecule has 0 aliphatic heterocycles. The van der Waals surface area contributed by atoms with Gasteiger partial charge in [-0.15, -0.1) is 35.1 Å².